The highest BCUT2D eigenvalue weighted by Gasteiger charge is 2.35. The molecule has 4 nitrogen and oxygen atoms in total. The number of aromatic amines is 1. The summed E-state index contributed by atoms with van der Waals surface area (Å²) in [7, 11) is 3.23. The summed E-state index contributed by atoms with van der Waals surface area (Å²) in [6.07, 6.45) is -4.36. The number of hydrogen-bond donors (Lipinski definition) is 2. The Kier molecular flexibility index (Phi) is 5.29. The van der Waals surface area contributed by atoms with E-state index < -0.39 is 11.7 Å². The number of fused-ring (bicyclic) bond motifs is 3. The molecule has 3 aromatic carbocycles. The summed E-state index contributed by atoms with van der Waals surface area (Å²) in [6.45, 7) is 0.587. The molecule has 1 aromatic heterocycles. The average Bonchev–Trinajstić information content (AvgIpc) is 3.22. The maximum Gasteiger partial charge on any atom is 0.416 e. The standard InChI is InChI=1S/C26H23F3N2O2/c1-32-21-9-5-7-17(25(21)33-2)19-14-30-23(15-10-12-16(13-11-15)26(27,28)29)24-22(19)18-6-3-4-8-20(18)31-24/h3-13,19,23,30-31H,14H2,1-2H3/t19-,23+/m0/s1. The molecule has 2 atom stereocenters. The fraction of sp³-hybridized carbons (Fsp3) is 0.231. The number of methoxy groups -OCH3 is 2. The van der Waals surface area contributed by atoms with Crippen LogP contribution in [0.2, 0.25) is 0 Å². The van der Waals surface area contributed by atoms with Gasteiger partial charge in [0.15, 0.2) is 11.5 Å². The SMILES string of the molecule is COc1cccc([C@@H]2CN[C@H](c3ccc(C(F)(F)F)cc3)c3[nH]c4ccccc4c32)c1OC. The molecule has 7 heteroatoms. The number of alkyl halides is 3. The van der Waals surface area contributed by atoms with E-state index in [1.807, 2.05) is 36.4 Å². The van der Waals surface area contributed by atoms with Crippen molar-refractivity contribution in [2.75, 3.05) is 20.8 Å². The molecule has 1 aliphatic heterocycles. The molecule has 170 valence electrons. The number of benzene rings is 3. The number of halogens is 3. The molecule has 0 amide bonds. The van der Waals surface area contributed by atoms with E-state index in [9.17, 15) is 13.2 Å². The molecular formula is C26H23F3N2O2. The van der Waals surface area contributed by atoms with Gasteiger partial charge in [-0.2, -0.15) is 13.2 Å². The fourth-order valence-corrected chi connectivity index (χ4v) is 4.83. The van der Waals surface area contributed by atoms with Crippen molar-refractivity contribution in [2.45, 2.75) is 18.1 Å². The largest absolute Gasteiger partial charge is 0.493 e. The van der Waals surface area contributed by atoms with Crippen LogP contribution in [0.3, 0.4) is 0 Å². The molecule has 0 aliphatic carbocycles. The van der Waals surface area contributed by atoms with Crippen molar-refractivity contribution in [2.24, 2.45) is 0 Å². The zero-order valence-electron chi connectivity index (χ0n) is 18.2. The summed E-state index contributed by atoms with van der Waals surface area (Å²) in [5.74, 6) is 1.30. The van der Waals surface area contributed by atoms with Crippen molar-refractivity contribution in [3.8, 4) is 11.5 Å². The quantitative estimate of drug-likeness (QED) is 0.398. The molecule has 4 aromatic rings. The van der Waals surface area contributed by atoms with Gasteiger partial charge >= 0.3 is 6.18 Å². The van der Waals surface area contributed by atoms with Crippen LogP contribution < -0.4 is 14.8 Å². The minimum absolute atomic E-state index is 0.0353. The second kappa shape index (κ2) is 8.15. The Morgan fingerprint density at radius 2 is 1.64 bits per heavy atom. The summed E-state index contributed by atoms with van der Waals surface area (Å²) >= 11 is 0. The van der Waals surface area contributed by atoms with E-state index in [4.69, 9.17) is 9.47 Å². The third-order valence-corrected chi connectivity index (χ3v) is 6.32. The lowest BCUT2D eigenvalue weighted by Crippen LogP contribution is -2.34. The molecule has 33 heavy (non-hydrogen) atoms. The second-order valence-electron chi connectivity index (χ2n) is 8.09. The van der Waals surface area contributed by atoms with Gasteiger partial charge in [0.25, 0.3) is 0 Å². The molecule has 0 radical (unpaired) electrons. The van der Waals surface area contributed by atoms with Crippen LogP contribution in [0.5, 0.6) is 11.5 Å². The van der Waals surface area contributed by atoms with Gasteiger partial charge in [0, 0.05) is 34.6 Å². The molecule has 0 unspecified atom stereocenters. The van der Waals surface area contributed by atoms with Crippen molar-refractivity contribution < 1.29 is 22.6 Å². The smallest absolute Gasteiger partial charge is 0.416 e. The lowest BCUT2D eigenvalue weighted by Gasteiger charge is -2.32. The van der Waals surface area contributed by atoms with Crippen LogP contribution in [-0.4, -0.2) is 25.7 Å². The van der Waals surface area contributed by atoms with Crippen LogP contribution in [0.25, 0.3) is 10.9 Å². The minimum Gasteiger partial charge on any atom is -0.493 e. The number of aromatic nitrogens is 1. The molecule has 0 bridgehead atoms. The number of rotatable bonds is 4. The topological polar surface area (TPSA) is 46.3 Å². The summed E-state index contributed by atoms with van der Waals surface area (Å²) in [5.41, 5.74) is 4.14. The number of hydrogen-bond acceptors (Lipinski definition) is 3. The molecular weight excluding hydrogens is 429 g/mol. The third kappa shape index (κ3) is 3.62. The summed E-state index contributed by atoms with van der Waals surface area (Å²) in [6, 6.07) is 19.0. The maximum atomic E-state index is 13.1. The number of nitrogens with one attached hydrogen (secondary N) is 2. The van der Waals surface area contributed by atoms with Gasteiger partial charge in [-0.15, -0.1) is 0 Å². The van der Waals surface area contributed by atoms with Crippen LogP contribution in [0, 0.1) is 0 Å². The van der Waals surface area contributed by atoms with Crippen LogP contribution in [0.1, 0.15) is 39.9 Å². The third-order valence-electron chi connectivity index (χ3n) is 6.32. The summed E-state index contributed by atoms with van der Waals surface area (Å²) in [4.78, 5) is 3.52. The molecule has 2 heterocycles. The Labute approximate surface area is 189 Å². The van der Waals surface area contributed by atoms with E-state index in [1.54, 1.807) is 26.4 Å². The van der Waals surface area contributed by atoms with E-state index in [0.29, 0.717) is 18.0 Å². The summed E-state index contributed by atoms with van der Waals surface area (Å²) in [5, 5.41) is 4.62. The first-order chi connectivity index (χ1) is 15.9. The van der Waals surface area contributed by atoms with Gasteiger partial charge in [-0.1, -0.05) is 42.5 Å². The Balaban J connectivity index is 1.65. The van der Waals surface area contributed by atoms with Crippen LogP contribution >= 0.6 is 0 Å². The van der Waals surface area contributed by atoms with E-state index >= 15 is 0 Å². The first-order valence-electron chi connectivity index (χ1n) is 10.6. The monoisotopic (exact) mass is 452 g/mol. The zero-order valence-corrected chi connectivity index (χ0v) is 18.2. The molecule has 5 rings (SSSR count). The van der Waals surface area contributed by atoms with Gasteiger partial charge in [0.05, 0.1) is 25.8 Å². The predicted octanol–water partition coefficient (Wildman–Crippen LogP) is 6.03. The van der Waals surface area contributed by atoms with Crippen LogP contribution in [0.4, 0.5) is 13.2 Å². The predicted molar refractivity (Wildman–Crippen MR) is 121 cm³/mol. The molecule has 0 saturated carbocycles. The van der Waals surface area contributed by atoms with Gasteiger partial charge < -0.3 is 19.8 Å². The Hall–Kier alpha value is -3.45. The lowest BCUT2D eigenvalue weighted by atomic mass is 9.82. The van der Waals surface area contributed by atoms with Gasteiger partial charge in [-0.25, -0.2) is 0 Å². The molecule has 2 N–H and O–H groups in total. The zero-order chi connectivity index (χ0) is 23.2. The second-order valence-corrected chi connectivity index (χ2v) is 8.09. The normalized spacial score (nSPS) is 18.2. The van der Waals surface area contributed by atoms with E-state index in [1.165, 1.54) is 0 Å². The molecule has 0 saturated heterocycles. The van der Waals surface area contributed by atoms with Gasteiger partial charge in [-0.05, 0) is 35.4 Å². The van der Waals surface area contributed by atoms with Crippen molar-refractivity contribution in [3.05, 3.63) is 94.7 Å². The highest BCUT2D eigenvalue weighted by molar-refractivity contribution is 5.87. The Morgan fingerprint density at radius 3 is 2.33 bits per heavy atom. The van der Waals surface area contributed by atoms with Crippen molar-refractivity contribution in [1.29, 1.82) is 0 Å². The van der Waals surface area contributed by atoms with E-state index in [-0.39, 0.29) is 12.0 Å². The van der Waals surface area contributed by atoms with Crippen molar-refractivity contribution in [1.82, 2.24) is 10.3 Å². The first-order valence-corrected chi connectivity index (χ1v) is 10.6. The maximum absolute atomic E-state index is 13.1. The molecule has 0 spiro atoms. The van der Waals surface area contributed by atoms with Gasteiger partial charge in [0.1, 0.15) is 0 Å². The first kappa shape index (κ1) is 21.4. The fourth-order valence-electron chi connectivity index (χ4n) is 4.83. The Bertz CT molecular complexity index is 1300. The number of ether oxygens (including phenoxy) is 2. The lowest BCUT2D eigenvalue weighted by molar-refractivity contribution is -0.137. The summed E-state index contributed by atoms with van der Waals surface area (Å²) < 4.78 is 50.4. The van der Waals surface area contributed by atoms with Gasteiger partial charge in [-0.3, -0.25) is 0 Å². The highest BCUT2D eigenvalue weighted by Crippen LogP contribution is 2.46. The number of H-pyrrole nitrogens is 1. The molecule has 0 fully saturated rings. The average molecular weight is 452 g/mol. The minimum atomic E-state index is -4.36. The van der Waals surface area contributed by atoms with Gasteiger partial charge in [0.2, 0.25) is 0 Å². The van der Waals surface area contributed by atoms with E-state index in [2.05, 4.69) is 16.4 Å². The van der Waals surface area contributed by atoms with Crippen molar-refractivity contribution in [3.63, 3.8) is 0 Å². The van der Waals surface area contributed by atoms with Crippen LogP contribution in [-0.2, 0) is 6.18 Å². The molecule has 1 aliphatic rings. The highest BCUT2D eigenvalue weighted by atomic mass is 19.4. The van der Waals surface area contributed by atoms with E-state index in [0.717, 1.165) is 45.4 Å². The van der Waals surface area contributed by atoms with Crippen LogP contribution in [0.15, 0.2) is 66.7 Å². The van der Waals surface area contributed by atoms with Crippen molar-refractivity contribution >= 4 is 10.9 Å². The Morgan fingerprint density at radius 1 is 0.879 bits per heavy atom. The number of para-hydroxylation sites is 2.